The van der Waals surface area contributed by atoms with Gasteiger partial charge in [0, 0.05) is 12.2 Å². The minimum atomic E-state index is 0.401. The zero-order valence-electron chi connectivity index (χ0n) is 6.61. The van der Waals surface area contributed by atoms with Crippen molar-refractivity contribution in [1.29, 1.82) is 0 Å². The fourth-order valence-corrected chi connectivity index (χ4v) is 1.03. The number of hydrogen-bond donors (Lipinski definition) is 0. The molecule has 0 N–H and O–H groups in total. The SMILES string of the molecule is CC(C)n1cc2ccoc2n1. The van der Waals surface area contributed by atoms with Gasteiger partial charge in [0.2, 0.25) is 5.71 Å². The Hall–Kier alpha value is -1.25. The maximum atomic E-state index is 5.12. The molecule has 3 heteroatoms. The number of fused-ring (bicyclic) bond motifs is 1. The van der Waals surface area contributed by atoms with E-state index in [4.69, 9.17) is 4.42 Å². The normalized spacial score (nSPS) is 11.5. The average molecular weight is 150 g/mol. The molecule has 0 saturated heterocycles. The fourth-order valence-electron chi connectivity index (χ4n) is 1.03. The fraction of sp³-hybridized carbons (Fsp3) is 0.375. The number of nitrogens with zero attached hydrogens (tertiary/aromatic N) is 2. The standard InChI is InChI=1S/C8H10N2O/c1-6(2)10-5-7-3-4-11-8(7)9-10/h3-6H,1-2H3. The molecule has 58 valence electrons. The van der Waals surface area contributed by atoms with Gasteiger partial charge in [-0.1, -0.05) is 0 Å². The summed E-state index contributed by atoms with van der Waals surface area (Å²) in [6.07, 6.45) is 3.64. The Morgan fingerprint density at radius 3 is 3.00 bits per heavy atom. The van der Waals surface area contributed by atoms with Crippen molar-refractivity contribution in [2.45, 2.75) is 19.9 Å². The summed E-state index contributed by atoms with van der Waals surface area (Å²) < 4.78 is 7.01. The summed E-state index contributed by atoms with van der Waals surface area (Å²) in [5.74, 6) is 0. The van der Waals surface area contributed by atoms with Gasteiger partial charge in [-0.05, 0) is 19.9 Å². The third-order valence-corrected chi connectivity index (χ3v) is 1.68. The van der Waals surface area contributed by atoms with Crippen LogP contribution in [0, 0.1) is 0 Å². The Balaban J connectivity index is 2.58. The Labute approximate surface area is 64.6 Å². The second-order valence-corrected chi connectivity index (χ2v) is 2.88. The number of rotatable bonds is 1. The van der Waals surface area contributed by atoms with E-state index in [1.165, 1.54) is 0 Å². The van der Waals surface area contributed by atoms with E-state index in [1.54, 1.807) is 6.26 Å². The van der Waals surface area contributed by atoms with Gasteiger partial charge in [-0.2, -0.15) is 0 Å². The van der Waals surface area contributed by atoms with Crippen LogP contribution in [0.3, 0.4) is 0 Å². The van der Waals surface area contributed by atoms with Gasteiger partial charge in [0.15, 0.2) is 0 Å². The summed E-state index contributed by atoms with van der Waals surface area (Å²) in [5, 5.41) is 5.29. The molecule has 0 saturated carbocycles. The van der Waals surface area contributed by atoms with Gasteiger partial charge in [-0.15, -0.1) is 5.10 Å². The Bertz CT molecular complexity index is 330. The topological polar surface area (TPSA) is 31.0 Å². The van der Waals surface area contributed by atoms with Crippen LogP contribution in [-0.2, 0) is 0 Å². The van der Waals surface area contributed by atoms with Crippen LogP contribution in [0.5, 0.6) is 0 Å². The van der Waals surface area contributed by atoms with E-state index in [0.29, 0.717) is 6.04 Å². The smallest absolute Gasteiger partial charge is 0.245 e. The summed E-state index contributed by atoms with van der Waals surface area (Å²) in [6.45, 7) is 4.18. The molecule has 0 fully saturated rings. The molecule has 0 unspecified atom stereocenters. The lowest BCUT2D eigenvalue weighted by molar-refractivity contribution is 0.513. The van der Waals surface area contributed by atoms with E-state index in [2.05, 4.69) is 18.9 Å². The Morgan fingerprint density at radius 2 is 2.36 bits per heavy atom. The van der Waals surface area contributed by atoms with Gasteiger partial charge >= 0.3 is 0 Å². The van der Waals surface area contributed by atoms with Crippen LogP contribution < -0.4 is 0 Å². The van der Waals surface area contributed by atoms with E-state index >= 15 is 0 Å². The molecular formula is C8H10N2O. The highest BCUT2D eigenvalue weighted by Crippen LogP contribution is 2.15. The van der Waals surface area contributed by atoms with Crippen LogP contribution in [0.4, 0.5) is 0 Å². The second-order valence-electron chi connectivity index (χ2n) is 2.88. The van der Waals surface area contributed by atoms with E-state index < -0.39 is 0 Å². The van der Waals surface area contributed by atoms with Crippen molar-refractivity contribution in [3.05, 3.63) is 18.5 Å². The van der Waals surface area contributed by atoms with E-state index in [9.17, 15) is 0 Å². The van der Waals surface area contributed by atoms with E-state index in [0.717, 1.165) is 11.1 Å². The van der Waals surface area contributed by atoms with Gasteiger partial charge < -0.3 is 4.42 Å². The molecule has 0 bridgehead atoms. The molecule has 2 aromatic heterocycles. The second kappa shape index (κ2) is 2.12. The van der Waals surface area contributed by atoms with Gasteiger partial charge in [0.25, 0.3) is 0 Å². The highest BCUT2D eigenvalue weighted by atomic mass is 16.3. The Kier molecular flexibility index (Phi) is 1.24. The van der Waals surface area contributed by atoms with E-state index in [-0.39, 0.29) is 0 Å². The van der Waals surface area contributed by atoms with E-state index in [1.807, 2.05) is 16.9 Å². The average Bonchev–Trinajstić information content (AvgIpc) is 2.40. The lowest BCUT2D eigenvalue weighted by Crippen LogP contribution is -1.99. The zero-order chi connectivity index (χ0) is 7.84. The van der Waals surface area contributed by atoms with Crippen molar-refractivity contribution in [3.8, 4) is 0 Å². The predicted octanol–water partition coefficient (Wildman–Crippen LogP) is 2.21. The molecule has 0 atom stereocenters. The van der Waals surface area contributed by atoms with Crippen molar-refractivity contribution >= 4 is 11.1 Å². The van der Waals surface area contributed by atoms with Gasteiger partial charge in [0.05, 0.1) is 11.6 Å². The molecule has 0 aliphatic heterocycles. The lowest BCUT2D eigenvalue weighted by Gasteiger charge is -2.01. The third-order valence-electron chi connectivity index (χ3n) is 1.68. The molecule has 0 aromatic carbocycles. The summed E-state index contributed by atoms with van der Waals surface area (Å²) in [7, 11) is 0. The van der Waals surface area contributed by atoms with Crippen LogP contribution in [0.25, 0.3) is 11.1 Å². The monoisotopic (exact) mass is 150 g/mol. The third kappa shape index (κ3) is 0.926. The predicted molar refractivity (Wildman–Crippen MR) is 42.4 cm³/mol. The summed E-state index contributed by atoms with van der Waals surface area (Å²) in [5.41, 5.74) is 0.721. The molecule has 0 radical (unpaired) electrons. The summed E-state index contributed by atoms with van der Waals surface area (Å²) >= 11 is 0. The maximum absolute atomic E-state index is 5.12. The molecule has 0 spiro atoms. The number of furan rings is 1. The van der Waals surface area contributed by atoms with Crippen LogP contribution in [0.1, 0.15) is 19.9 Å². The highest BCUT2D eigenvalue weighted by Gasteiger charge is 2.04. The molecule has 0 amide bonds. The van der Waals surface area contributed by atoms with Crippen LogP contribution >= 0.6 is 0 Å². The first-order chi connectivity index (χ1) is 5.27. The highest BCUT2D eigenvalue weighted by molar-refractivity contribution is 5.71. The molecule has 0 aliphatic rings. The molecule has 0 aliphatic carbocycles. The maximum Gasteiger partial charge on any atom is 0.245 e. The van der Waals surface area contributed by atoms with Crippen molar-refractivity contribution < 1.29 is 4.42 Å². The summed E-state index contributed by atoms with van der Waals surface area (Å²) in [6, 6.07) is 2.32. The zero-order valence-corrected chi connectivity index (χ0v) is 6.61. The molecule has 2 heterocycles. The van der Waals surface area contributed by atoms with Crippen LogP contribution in [0.2, 0.25) is 0 Å². The minimum absolute atomic E-state index is 0.401. The largest absolute Gasteiger partial charge is 0.445 e. The molecular weight excluding hydrogens is 140 g/mol. The number of hydrogen-bond acceptors (Lipinski definition) is 2. The quantitative estimate of drug-likeness (QED) is 0.624. The van der Waals surface area contributed by atoms with Crippen molar-refractivity contribution in [2.24, 2.45) is 0 Å². The Morgan fingerprint density at radius 1 is 1.55 bits per heavy atom. The first-order valence-electron chi connectivity index (χ1n) is 3.70. The van der Waals surface area contributed by atoms with Crippen molar-refractivity contribution in [1.82, 2.24) is 9.78 Å². The van der Waals surface area contributed by atoms with Gasteiger partial charge in [-0.3, -0.25) is 4.68 Å². The first-order valence-corrected chi connectivity index (χ1v) is 3.70. The lowest BCUT2D eigenvalue weighted by atomic mass is 10.4. The molecule has 2 rings (SSSR count). The molecule has 2 aromatic rings. The molecule has 11 heavy (non-hydrogen) atoms. The molecule has 3 nitrogen and oxygen atoms in total. The minimum Gasteiger partial charge on any atom is -0.445 e. The van der Waals surface area contributed by atoms with Gasteiger partial charge in [0.1, 0.15) is 0 Å². The van der Waals surface area contributed by atoms with Crippen LogP contribution in [0.15, 0.2) is 22.9 Å². The summed E-state index contributed by atoms with van der Waals surface area (Å²) in [4.78, 5) is 0. The van der Waals surface area contributed by atoms with Crippen molar-refractivity contribution in [2.75, 3.05) is 0 Å². The number of aromatic nitrogens is 2. The first kappa shape index (κ1) is 6.46. The van der Waals surface area contributed by atoms with Crippen LogP contribution in [-0.4, -0.2) is 9.78 Å². The van der Waals surface area contributed by atoms with Gasteiger partial charge in [-0.25, -0.2) is 0 Å². The van der Waals surface area contributed by atoms with Crippen molar-refractivity contribution in [3.63, 3.8) is 0 Å².